The second-order valence-electron chi connectivity index (χ2n) is 6.83. The summed E-state index contributed by atoms with van der Waals surface area (Å²) in [6, 6.07) is 17.7. The lowest BCUT2D eigenvalue weighted by Crippen LogP contribution is -2.37. The summed E-state index contributed by atoms with van der Waals surface area (Å²) < 4.78 is 27.7. The molecule has 3 rings (SSSR count). The van der Waals surface area contributed by atoms with Crippen molar-refractivity contribution in [1.82, 2.24) is 4.31 Å². The van der Waals surface area contributed by atoms with E-state index in [-0.39, 0.29) is 11.4 Å². The SMILES string of the molecule is Cc1cc(Cl)ccc1NC(=O)CN(Cc1ccccc1Cl)S(=O)(=O)c1ccc(Cl)cc1. The zero-order valence-electron chi connectivity index (χ0n) is 16.5. The van der Waals surface area contributed by atoms with Gasteiger partial charge in [-0.15, -0.1) is 0 Å². The van der Waals surface area contributed by atoms with Gasteiger partial charge in [0.1, 0.15) is 0 Å². The summed E-state index contributed by atoms with van der Waals surface area (Å²) in [5.41, 5.74) is 1.90. The van der Waals surface area contributed by atoms with Crippen molar-refractivity contribution in [3.05, 3.63) is 92.9 Å². The number of sulfonamides is 1. The van der Waals surface area contributed by atoms with Gasteiger partial charge in [0.25, 0.3) is 0 Å². The highest BCUT2D eigenvalue weighted by Gasteiger charge is 2.27. The maximum absolute atomic E-state index is 13.3. The van der Waals surface area contributed by atoms with Gasteiger partial charge in [0, 0.05) is 27.3 Å². The van der Waals surface area contributed by atoms with E-state index in [9.17, 15) is 13.2 Å². The summed E-state index contributed by atoms with van der Waals surface area (Å²) in [6.07, 6.45) is 0. The second kappa shape index (κ2) is 10.0. The molecule has 0 fully saturated rings. The fourth-order valence-corrected chi connectivity index (χ4v) is 4.84. The molecular formula is C22H19Cl3N2O3S. The number of nitrogens with zero attached hydrogens (tertiary/aromatic N) is 1. The van der Waals surface area contributed by atoms with Crippen LogP contribution in [-0.2, 0) is 21.4 Å². The van der Waals surface area contributed by atoms with E-state index in [0.29, 0.717) is 26.3 Å². The van der Waals surface area contributed by atoms with Gasteiger partial charge in [0.05, 0.1) is 11.4 Å². The molecule has 162 valence electrons. The van der Waals surface area contributed by atoms with Crippen LogP contribution in [0.5, 0.6) is 0 Å². The number of carbonyl (C=O) groups is 1. The number of amides is 1. The summed E-state index contributed by atoms with van der Waals surface area (Å²) in [7, 11) is -4.00. The Bertz CT molecular complexity index is 1200. The van der Waals surface area contributed by atoms with E-state index >= 15 is 0 Å². The molecule has 5 nitrogen and oxygen atoms in total. The van der Waals surface area contributed by atoms with Gasteiger partial charge in [0.15, 0.2) is 0 Å². The molecular weight excluding hydrogens is 479 g/mol. The summed E-state index contributed by atoms with van der Waals surface area (Å²) in [4.78, 5) is 12.8. The lowest BCUT2D eigenvalue weighted by Gasteiger charge is -2.23. The molecule has 0 aliphatic heterocycles. The number of hydrogen-bond acceptors (Lipinski definition) is 3. The Balaban J connectivity index is 1.90. The summed E-state index contributed by atoms with van der Waals surface area (Å²) >= 11 is 18.1. The van der Waals surface area contributed by atoms with Crippen molar-refractivity contribution >= 4 is 56.4 Å². The average Bonchev–Trinajstić information content (AvgIpc) is 2.71. The van der Waals surface area contributed by atoms with E-state index in [1.165, 1.54) is 24.3 Å². The molecule has 0 unspecified atom stereocenters. The molecule has 0 saturated heterocycles. The minimum absolute atomic E-state index is 0.0272. The van der Waals surface area contributed by atoms with Crippen molar-refractivity contribution in [2.75, 3.05) is 11.9 Å². The molecule has 0 aromatic heterocycles. The molecule has 0 atom stereocenters. The highest BCUT2D eigenvalue weighted by atomic mass is 35.5. The fourth-order valence-electron chi connectivity index (χ4n) is 2.92. The Morgan fingerprint density at radius 3 is 2.23 bits per heavy atom. The number of aryl methyl sites for hydroxylation is 1. The third-order valence-electron chi connectivity index (χ3n) is 4.54. The lowest BCUT2D eigenvalue weighted by molar-refractivity contribution is -0.116. The van der Waals surface area contributed by atoms with Crippen molar-refractivity contribution < 1.29 is 13.2 Å². The smallest absolute Gasteiger partial charge is 0.243 e. The van der Waals surface area contributed by atoms with Gasteiger partial charge >= 0.3 is 0 Å². The molecule has 0 aliphatic carbocycles. The first-order valence-corrected chi connectivity index (χ1v) is 11.8. The fraction of sp³-hybridized carbons (Fsp3) is 0.136. The van der Waals surface area contributed by atoms with Crippen LogP contribution in [0.15, 0.2) is 71.6 Å². The first-order valence-electron chi connectivity index (χ1n) is 9.22. The zero-order valence-corrected chi connectivity index (χ0v) is 19.6. The minimum Gasteiger partial charge on any atom is -0.325 e. The van der Waals surface area contributed by atoms with Crippen molar-refractivity contribution in [3.8, 4) is 0 Å². The number of hydrogen-bond donors (Lipinski definition) is 1. The third kappa shape index (κ3) is 5.99. The maximum Gasteiger partial charge on any atom is 0.243 e. The Morgan fingerprint density at radius 1 is 0.935 bits per heavy atom. The zero-order chi connectivity index (χ0) is 22.6. The largest absolute Gasteiger partial charge is 0.325 e. The number of anilines is 1. The first-order chi connectivity index (χ1) is 14.7. The van der Waals surface area contributed by atoms with E-state index in [4.69, 9.17) is 34.8 Å². The summed E-state index contributed by atoms with van der Waals surface area (Å²) in [5.74, 6) is -0.491. The Hall–Kier alpha value is -2.09. The average molecular weight is 498 g/mol. The summed E-state index contributed by atoms with van der Waals surface area (Å²) in [5, 5.41) is 4.11. The molecule has 3 aromatic rings. The normalized spacial score (nSPS) is 11.5. The van der Waals surface area contributed by atoms with Crippen LogP contribution in [0.25, 0.3) is 0 Å². The number of rotatable bonds is 7. The highest BCUT2D eigenvalue weighted by Crippen LogP contribution is 2.24. The molecule has 3 aromatic carbocycles. The van der Waals surface area contributed by atoms with Crippen LogP contribution in [0.4, 0.5) is 5.69 Å². The van der Waals surface area contributed by atoms with E-state index < -0.39 is 22.5 Å². The van der Waals surface area contributed by atoms with Crippen LogP contribution < -0.4 is 5.32 Å². The van der Waals surface area contributed by atoms with Crippen LogP contribution in [0.2, 0.25) is 15.1 Å². The van der Waals surface area contributed by atoms with E-state index in [2.05, 4.69) is 5.32 Å². The molecule has 1 N–H and O–H groups in total. The highest BCUT2D eigenvalue weighted by molar-refractivity contribution is 7.89. The number of nitrogens with one attached hydrogen (secondary N) is 1. The van der Waals surface area contributed by atoms with Gasteiger partial charge in [-0.3, -0.25) is 4.79 Å². The van der Waals surface area contributed by atoms with Gasteiger partial charge in [0.2, 0.25) is 15.9 Å². The molecule has 0 saturated carbocycles. The van der Waals surface area contributed by atoms with Crippen LogP contribution in [-0.4, -0.2) is 25.2 Å². The van der Waals surface area contributed by atoms with Gasteiger partial charge in [-0.05, 0) is 66.6 Å². The van der Waals surface area contributed by atoms with Crippen molar-refractivity contribution in [3.63, 3.8) is 0 Å². The summed E-state index contributed by atoms with van der Waals surface area (Å²) in [6.45, 7) is 1.32. The molecule has 9 heteroatoms. The van der Waals surface area contributed by atoms with Gasteiger partial charge in [-0.1, -0.05) is 53.0 Å². The number of carbonyl (C=O) groups excluding carboxylic acids is 1. The maximum atomic E-state index is 13.3. The topological polar surface area (TPSA) is 66.5 Å². The number of benzene rings is 3. The molecule has 0 aliphatic rings. The van der Waals surface area contributed by atoms with Crippen molar-refractivity contribution in [2.45, 2.75) is 18.4 Å². The van der Waals surface area contributed by atoms with E-state index in [1.54, 1.807) is 49.4 Å². The van der Waals surface area contributed by atoms with Crippen LogP contribution in [0.1, 0.15) is 11.1 Å². The first kappa shape index (κ1) is 23.6. The van der Waals surface area contributed by atoms with Gasteiger partial charge < -0.3 is 5.32 Å². The predicted molar refractivity (Wildman–Crippen MR) is 125 cm³/mol. The van der Waals surface area contributed by atoms with Crippen molar-refractivity contribution in [1.29, 1.82) is 0 Å². The van der Waals surface area contributed by atoms with E-state index in [1.807, 2.05) is 0 Å². The van der Waals surface area contributed by atoms with Gasteiger partial charge in [-0.25, -0.2) is 8.42 Å². The molecule has 1 amide bonds. The van der Waals surface area contributed by atoms with Gasteiger partial charge in [-0.2, -0.15) is 4.31 Å². The van der Waals surface area contributed by atoms with Crippen molar-refractivity contribution in [2.24, 2.45) is 0 Å². The van der Waals surface area contributed by atoms with Crippen LogP contribution >= 0.6 is 34.8 Å². The second-order valence-corrected chi connectivity index (χ2v) is 10.0. The lowest BCUT2D eigenvalue weighted by atomic mass is 10.2. The molecule has 0 radical (unpaired) electrons. The third-order valence-corrected chi connectivity index (χ3v) is 7.20. The molecule has 0 spiro atoms. The monoisotopic (exact) mass is 496 g/mol. The molecule has 0 bridgehead atoms. The quantitative estimate of drug-likeness (QED) is 0.449. The Labute approximate surface area is 196 Å². The number of halogens is 3. The molecule has 31 heavy (non-hydrogen) atoms. The van der Waals surface area contributed by atoms with E-state index in [0.717, 1.165) is 9.87 Å². The van der Waals surface area contributed by atoms with Crippen LogP contribution in [0.3, 0.4) is 0 Å². The predicted octanol–water partition coefficient (Wildman–Crippen LogP) is 5.78. The molecule has 0 heterocycles. The Kier molecular flexibility index (Phi) is 7.62. The van der Waals surface area contributed by atoms with Crippen LogP contribution in [0, 0.1) is 6.92 Å². The Morgan fingerprint density at radius 2 is 1.58 bits per heavy atom. The standard InChI is InChI=1S/C22H19Cl3N2O3S/c1-15-12-18(24)8-11-21(15)26-22(28)14-27(13-16-4-2-3-5-20(16)25)31(29,30)19-9-6-17(23)7-10-19/h2-12H,13-14H2,1H3,(H,26,28). The minimum atomic E-state index is -4.00.